The van der Waals surface area contributed by atoms with E-state index in [1.54, 1.807) is 24.3 Å². The lowest BCUT2D eigenvalue weighted by Gasteiger charge is -2.12. The zero-order valence-corrected chi connectivity index (χ0v) is 24.3. The predicted octanol–water partition coefficient (Wildman–Crippen LogP) is 9.55. The Morgan fingerprint density at radius 1 is 1.07 bits per heavy atom. The Bertz CT molecular complexity index is 1770. The summed E-state index contributed by atoms with van der Waals surface area (Å²) >= 11 is 13.9. The highest BCUT2D eigenvalue weighted by atomic mass is 35.5. The van der Waals surface area contributed by atoms with Crippen LogP contribution in [-0.2, 0) is 0 Å². The van der Waals surface area contributed by atoms with Crippen LogP contribution in [0.2, 0.25) is 10.0 Å². The van der Waals surface area contributed by atoms with Crippen molar-refractivity contribution in [3.8, 4) is 34.2 Å². The number of pyridine rings is 1. The summed E-state index contributed by atoms with van der Waals surface area (Å²) in [5.74, 6) is 0.426. The molecule has 0 aliphatic rings. The van der Waals surface area contributed by atoms with Crippen molar-refractivity contribution in [3.05, 3.63) is 98.8 Å². The van der Waals surface area contributed by atoms with E-state index in [1.807, 2.05) is 55.5 Å². The average Bonchev–Trinajstić information content (AvgIpc) is 3.26. The minimum absolute atomic E-state index is 0.332. The number of nitrogens with one attached hydrogen (secondary N) is 1. The second kappa shape index (κ2) is 12.1. The fourth-order valence-corrected chi connectivity index (χ4v) is 6.03. The number of rotatable bonds is 8. The summed E-state index contributed by atoms with van der Waals surface area (Å²) in [4.78, 5) is 19.5. The van der Waals surface area contributed by atoms with Gasteiger partial charge in [-0.25, -0.2) is 4.98 Å². The van der Waals surface area contributed by atoms with Gasteiger partial charge in [0.05, 0.1) is 28.9 Å². The number of nitrogens with zero attached hydrogens (tertiary/aromatic N) is 2. The van der Waals surface area contributed by atoms with Crippen LogP contribution in [0.4, 0.5) is 5.00 Å². The molecule has 5 aromatic rings. The molecule has 0 spiro atoms. The van der Waals surface area contributed by atoms with Crippen molar-refractivity contribution >= 4 is 56.3 Å². The third kappa shape index (κ3) is 5.68. The third-order valence-electron chi connectivity index (χ3n) is 6.48. The Hall–Kier alpha value is -3.89. The Morgan fingerprint density at radius 3 is 2.67 bits per heavy atom. The number of ether oxygens (including phenoxy) is 1. The molecule has 0 aliphatic carbocycles. The van der Waals surface area contributed by atoms with Gasteiger partial charge < -0.3 is 10.1 Å². The summed E-state index contributed by atoms with van der Waals surface area (Å²) < 4.78 is 5.89. The molecule has 1 amide bonds. The van der Waals surface area contributed by atoms with Crippen LogP contribution in [0.25, 0.3) is 33.3 Å². The highest BCUT2D eigenvalue weighted by molar-refractivity contribution is 7.17. The maximum absolute atomic E-state index is 13.8. The highest BCUT2D eigenvalue weighted by Gasteiger charge is 2.22. The molecule has 0 unspecified atom stereocenters. The average molecular weight is 587 g/mol. The third-order valence-corrected chi connectivity index (χ3v) is 8.05. The van der Waals surface area contributed by atoms with Gasteiger partial charge in [-0.05, 0) is 49.7 Å². The van der Waals surface area contributed by atoms with Crippen LogP contribution in [0, 0.1) is 18.3 Å². The molecular weight excluding hydrogens is 561 g/mol. The molecule has 0 bridgehead atoms. The molecule has 0 saturated carbocycles. The molecule has 200 valence electrons. The van der Waals surface area contributed by atoms with Crippen molar-refractivity contribution < 1.29 is 9.53 Å². The van der Waals surface area contributed by atoms with Gasteiger partial charge in [0, 0.05) is 37.0 Å². The van der Waals surface area contributed by atoms with Gasteiger partial charge in [-0.1, -0.05) is 72.9 Å². The molecule has 0 saturated heterocycles. The number of carbonyl (C=O) groups excluding carboxylic acids is 1. The topological polar surface area (TPSA) is 75.0 Å². The maximum atomic E-state index is 13.8. The number of unbranched alkanes of at least 4 members (excludes halogenated alkanes) is 1. The number of benzene rings is 3. The van der Waals surface area contributed by atoms with Gasteiger partial charge in [0.25, 0.3) is 5.91 Å². The van der Waals surface area contributed by atoms with Crippen molar-refractivity contribution in [1.82, 2.24) is 4.98 Å². The number of nitriles is 1. The lowest BCUT2D eigenvalue weighted by molar-refractivity contribution is 0.102. The van der Waals surface area contributed by atoms with Crippen molar-refractivity contribution in [2.75, 3.05) is 11.9 Å². The minimum atomic E-state index is -0.332. The Morgan fingerprint density at radius 2 is 1.90 bits per heavy atom. The number of fused-ring (bicyclic) bond motifs is 1. The number of para-hydroxylation sites is 1. The van der Waals surface area contributed by atoms with E-state index in [2.05, 4.69) is 18.3 Å². The fourth-order valence-electron chi connectivity index (χ4n) is 4.52. The largest absolute Gasteiger partial charge is 0.494 e. The predicted molar refractivity (Wildman–Crippen MR) is 165 cm³/mol. The van der Waals surface area contributed by atoms with E-state index in [-0.39, 0.29) is 5.91 Å². The van der Waals surface area contributed by atoms with Crippen LogP contribution < -0.4 is 10.1 Å². The summed E-state index contributed by atoms with van der Waals surface area (Å²) in [5.41, 5.74) is 4.38. The monoisotopic (exact) mass is 585 g/mol. The normalized spacial score (nSPS) is 10.9. The lowest BCUT2D eigenvalue weighted by atomic mass is 10.0. The molecule has 8 heteroatoms. The van der Waals surface area contributed by atoms with E-state index < -0.39 is 0 Å². The molecular formula is C32H25Cl2N3O2S. The van der Waals surface area contributed by atoms with Gasteiger partial charge >= 0.3 is 0 Å². The van der Waals surface area contributed by atoms with E-state index in [1.165, 1.54) is 11.3 Å². The first-order chi connectivity index (χ1) is 19.4. The van der Waals surface area contributed by atoms with Crippen LogP contribution in [0.5, 0.6) is 5.75 Å². The SMILES string of the molecule is CCCCOc1cccc(-c2cc(C(=O)Nc3sc(C)c(-c4ccc(Cl)cc4Cl)c3C#N)c3ccccc3n2)c1. The summed E-state index contributed by atoms with van der Waals surface area (Å²) in [6.45, 7) is 4.66. The molecule has 2 heterocycles. The number of amides is 1. The molecule has 0 aliphatic heterocycles. The number of aromatic nitrogens is 1. The second-order valence-electron chi connectivity index (χ2n) is 9.23. The number of halogens is 2. The van der Waals surface area contributed by atoms with Gasteiger partial charge in [0.1, 0.15) is 16.8 Å². The van der Waals surface area contributed by atoms with Crippen molar-refractivity contribution in [3.63, 3.8) is 0 Å². The van der Waals surface area contributed by atoms with Gasteiger partial charge in [-0.3, -0.25) is 4.79 Å². The van der Waals surface area contributed by atoms with Crippen LogP contribution in [0.15, 0.2) is 72.8 Å². The number of anilines is 1. The Labute approximate surface area is 247 Å². The minimum Gasteiger partial charge on any atom is -0.494 e. The quantitative estimate of drug-likeness (QED) is 0.184. The first-order valence-corrected chi connectivity index (χ1v) is 14.4. The second-order valence-corrected chi connectivity index (χ2v) is 11.3. The van der Waals surface area contributed by atoms with E-state index in [0.717, 1.165) is 29.0 Å². The van der Waals surface area contributed by atoms with Crippen molar-refractivity contribution in [1.29, 1.82) is 5.26 Å². The Balaban J connectivity index is 1.54. The smallest absolute Gasteiger partial charge is 0.257 e. The first kappa shape index (κ1) is 27.7. The molecule has 0 atom stereocenters. The van der Waals surface area contributed by atoms with Crippen LogP contribution >= 0.6 is 34.5 Å². The van der Waals surface area contributed by atoms with Crippen molar-refractivity contribution in [2.45, 2.75) is 26.7 Å². The molecule has 40 heavy (non-hydrogen) atoms. The van der Waals surface area contributed by atoms with E-state index in [9.17, 15) is 10.1 Å². The molecule has 1 N–H and O–H groups in total. The van der Waals surface area contributed by atoms with E-state index >= 15 is 0 Å². The summed E-state index contributed by atoms with van der Waals surface area (Å²) in [7, 11) is 0. The van der Waals surface area contributed by atoms with Gasteiger partial charge in [-0.2, -0.15) is 5.26 Å². The Kier molecular flexibility index (Phi) is 8.37. The number of hydrogen-bond donors (Lipinski definition) is 1. The van der Waals surface area contributed by atoms with Gasteiger partial charge in [-0.15, -0.1) is 11.3 Å². The maximum Gasteiger partial charge on any atom is 0.257 e. The zero-order valence-electron chi connectivity index (χ0n) is 21.9. The standard InChI is InChI=1S/C32H25Cl2N3O2S/c1-3-4-14-39-22-9-7-8-20(15-22)29-17-25(23-10-5-6-11-28(23)36-29)31(38)37-32-26(18-35)30(19(2)40-32)24-13-12-21(33)16-27(24)34/h5-13,15-17H,3-4,14H2,1-2H3,(H,37,38). The van der Waals surface area contributed by atoms with Crippen molar-refractivity contribution in [2.24, 2.45) is 0 Å². The highest BCUT2D eigenvalue weighted by Crippen LogP contribution is 2.43. The number of hydrogen-bond acceptors (Lipinski definition) is 5. The van der Waals surface area contributed by atoms with Crippen LogP contribution in [0.1, 0.15) is 40.6 Å². The molecule has 0 fully saturated rings. The van der Waals surface area contributed by atoms with Crippen LogP contribution in [0.3, 0.4) is 0 Å². The molecule has 5 rings (SSSR count). The molecule has 0 radical (unpaired) electrons. The van der Waals surface area contributed by atoms with Gasteiger partial charge in [0.15, 0.2) is 0 Å². The van der Waals surface area contributed by atoms with Gasteiger partial charge in [0.2, 0.25) is 0 Å². The summed E-state index contributed by atoms with van der Waals surface area (Å²) in [5, 5.41) is 15.2. The molecule has 2 aromatic heterocycles. The summed E-state index contributed by atoms with van der Waals surface area (Å²) in [6.07, 6.45) is 2.03. The molecule has 5 nitrogen and oxygen atoms in total. The number of aryl methyl sites for hydroxylation is 1. The van der Waals surface area contributed by atoms with E-state index in [4.69, 9.17) is 32.9 Å². The lowest BCUT2D eigenvalue weighted by Crippen LogP contribution is -2.13. The summed E-state index contributed by atoms with van der Waals surface area (Å²) in [6, 6.07) is 24.4. The fraction of sp³-hybridized carbons (Fsp3) is 0.156. The number of carbonyl (C=O) groups is 1. The first-order valence-electron chi connectivity index (χ1n) is 12.8. The van der Waals surface area contributed by atoms with E-state index in [0.29, 0.717) is 60.5 Å². The molecule has 3 aromatic carbocycles. The zero-order chi connectivity index (χ0) is 28.2. The van der Waals surface area contributed by atoms with Crippen LogP contribution in [-0.4, -0.2) is 17.5 Å². The number of thiophene rings is 1.